The van der Waals surface area contributed by atoms with Gasteiger partial charge in [0.05, 0.1) is 5.69 Å². The Morgan fingerprint density at radius 3 is 2.48 bits per heavy atom. The molecule has 1 aromatic rings. The Morgan fingerprint density at radius 2 is 2.00 bits per heavy atom. The maximum Gasteiger partial charge on any atom is 0.402 e. The summed E-state index contributed by atoms with van der Waals surface area (Å²) in [4.78, 5) is 3.45. The van der Waals surface area contributed by atoms with Crippen molar-refractivity contribution in [3.63, 3.8) is 0 Å². The first-order chi connectivity index (χ1) is 9.59. The summed E-state index contributed by atoms with van der Waals surface area (Å²) in [5.41, 5.74) is 0.236. The van der Waals surface area contributed by atoms with Crippen LogP contribution in [0, 0.1) is 0 Å². The number of anilines is 1. The summed E-state index contributed by atoms with van der Waals surface area (Å²) in [6, 6.07) is 0.592. The van der Waals surface area contributed by atoms with Crippen LogP contribution in [0.5, 0.6) is 0 Å². The number of sulfonamides is 1. The minimum Gasteiger partial charge on any atom is -0.384 e. The van der Waals surface area contributed by atoms with Crippen molar-refractivity contribution in [3.05, 3.63) is 18.5 Å². The average Bonchev–Trinajstić information content (AvgIpc) is 2.35. The van der Waals surface area contributed by atoms with Gasteiger partial charge in [0.1, 0.15) is 11.4 Å². The number of alkyl halides is 3. The fourth-order valence-electron chi connectivity index (χ4n) is 1.77. The SMILES string of the molecule is CCNc1ccncc1S(=O)(=O)N(CC(F)(F)F)C(C)C. The third-order valence-corrected chi connectivity index (χ3v) is 4.70. The molecule has 0 saturated carbocycles. The molecule has 0 unspecified atom stereocenters. The Labute approximate surface area is 122 Å². The molecular weight excluding hydrogens is 307 g/mol. The minimum absolute atomic E-state index is 0.236. The van der Waals surface area contributed by atoms with E-state index in [1.165, 1.54) is 26.1 Å². The molecule has 1 N–H and O–H groups in total. The quantitative estimate of drug-likeness (QED) is 0.873. The van der Waals surface area contributed by atoms with E-state index in [4.69, 9.17) is 0 Å². The molecule has 0 aliphatic rings. The molecule has 0 atom stereocenters. The summed E-state index contributed by atoms with van der Waals surface area (Å²) >= 11 is 0. The molecule has 9 heteroatoms. The van der Waals surface area contributed by atoms with E-state index in [0.29, 0.717) is 10.8 Å². The number of nitrogens with one attached hydrogen (secondary N) is 1. The Kier molecular flexibility index (Phi) is 5.57. The fourth-order valence-corrected chi connectivity index (χ4v) is 3.51. The molecule has 0 aliphatic heterocycles. The predicted octanol–water partition coefficient (Wildman–Crippen LogP) is 2.47. The monoisotopic (exact) mass is 325 g/mol. The van der Waals surface area contributed by atoms with E-state index in [2.05, 4.69) is 10.3 Å². The summed E-state index contributed by atoms with van der Waals surface area (Å²) in [6.07, 6.45) is -2.18. The molecule has 0 fully saturated rings. The molecule has 5 nitrogen and oxygen atoms in total. The van der Waals surface area contributed by atoms with Crippen LogP contribution in [0.1, 0.15) is 20.8 Å². The maximum atomic E-state index is 12.6. The van der Waals surface area contributed by atoms with Crippen molar-refractivity contribution < 1.29 is 21.6 Å². The number of hydrogen-bond donors (Lipinski definition) is 1. The fraction of sp³-hybridized carbons (Fsp3) is 0.583. The molecule has 120 valence electrons. The lowest BCUT2D eigenvalue weighted by atomic mass is 10.4. The van der Waals surface area contributed by atoms with Crippen LogP contribution in [0.2, 0.25) is 0 Å². The number of halogens is 3. The van der Waals surface area contributed by atoms with Gasteiger partial charge < -0.3 is 5.32 Å². The van der Waals surface area contributed by atoms with E-state index in [1.807, 2.05) is 0 Å². The van der Waals surface area contributed by atoms with E-state index in [1.54, 1.807) is 6.92 Å². The highest BCUT2D eigenvalue weighted by atomic mass is 32.2. The maximum absolute atomic E-state index is 12.6. The topological polar surface area (TPSA) is 62.3 Å². The second-order valence-electron chi connectivity index (χ2n) is 4.66. The molecule has 0 bridgehead atoms. The Morgan fingerprint density at radius 1 is 1.38 bits per heavy atom. The van der Waals surface area contributed by atoms with Gasteiger partial charge in [0.2, 0.25) is 10.0 Å². The summed E-state index contributed by atoms with van der Waals surface area (Å²) in [6.45, 7) is 3.45. The smallest absolute Gasteiger partial charge is 0.384 e. The number of pyridine rings is 1. The lowest BCUT2D eigenvalue weighted by Gasteiger charge is -2.27. The lowest BCUT2D eigenvalue weighted by molar-refractivity contribution is -0.138. The first-order valence-electron chi connectivity index (χ1n) is 6.36. The van der Waals surface area contributed by atoms with Crippen molar-refractivity contribution in [2.24, 2.45) is 0 Å². The van der Waals surface area contributed by atoms with Gasteiger partial charge in [-0.25, -0.2) is 8.42 Å². The van der Waals surface area contributed by atoms with Crippen LogP contribution in [0.15, 0.2) is 23.4 Å². The minimum atomic E-state index is -4.61. The van der Waals surface area contributed by atoms with E-state index in [9.17, 15) is 21.6 Å². The van der Waals surface area contributed by atoms with Gasteiger partial charge in [-0.05, 0) is 26.8 Å². The largest absolute Gasteiger partial charge is 0.402 e. The summed E-state index contributed by atoms with van der Waals surface area (Å²) in [5.74, 6) is 0. The summed E-state index contributed by atoms with van der Waals surface area (Å²) < 4.78 is 63.3. The third-order valence-electron chi connectivity index (χ3n) is 2.65. The highest BCUT2D eigenvalue weighted by Gasteiger charge is 2.39. The molecule has 0 saturated heterocycles. The molecule has 0 aliphatic carbocycles. The highest BCUT2D eigenvalue weighted by molar-refractivity contribution is 7.89. The molecule has 1 heterocycles. The summed E-state index contributed by atoms with van der Waals surface area (Å²) in [7, 11) is -4.30. The second-order valence-corrected chi connectivity index (χ2v) is 6.52. The van der Waals surface area contributed by atoms with Crippen molar-refractivity contribution in [1.82, 2.24) is 9.29 Å². The molecule has 0 spiro atoms. The van der Waals surface area contributed by atoms with Crippen LogP contribution in [-0.2, 0) is 10.0 Å². The first kappa shape index (κ1) is 17.7. The van der Waals surface area contributed by atoms with E-state index in [-0.39, 0.29) is 10.6 Å². The Hall–Kier alpha value is -1.35. The van der Waals surface area contributed by atoms with Crippen molar-refractivity contribution >= 4 is 15.7 Å². The molecule has 0 radical (unpaired) electrons. The Bertz CT molecular complexity index is 573. The Balaban J connectivity index is 3.30. The molecule has 0 amide bonds. The van der Waals surface area contributed by atoms with Crippen molar-refractivity contribution in [2.45, 2.75) is 37.9 Å². The number of hydrogen-bond acceptors (Lipinski definition) is 4. The third kappa shape index (κ3) is 4.57. The van der Waals surface area contributed by atoms with Crippen molar-refractivity contribution in [2.75, 3.05) is 18.4 Å². The number of rotatable bonds is 6. The molecular formula is C12H18F3N3O2S. The van der Waals surface area contributed by atoms with Gasteiger partial charge in [-0.1, -0.05) is 0 Å². The van der Waals surface area contributed by atoms with Crippen LogP contribution < -0.4 is 5.32 Å². The average molecular weight is 325 g/mol. The predicted molar refractivity (Wildman–Crippen MR) is 73.5 cm³/mol. The van der Waals surface area contributed by atoms with Gasteiger partial charge in [0.25, 0.3) is 0 Å². The van der Waals surface area contributed by atoms with Crippen molar-refractivity contribution in [3.8, 4) is 0 Å². The zero-order valence-electron chi connectivity index (χ0n) is 12.0. The van der Waals surface area contributed by atoms with Gasteiger partial charge in [0, 0.05) is 25.0 Å². The van der Waals surface area contributed by atoms with Crippen LogP contribution >= 0.6 is 0 Å². The van der Waals surface area contributed by atoms with Crippen LogP contribution in [-0.4, -0.2) is 43.0 Å². The number of aromatic nitrogens is 1. The van der Waals surface area contributed by atoms with Gasteiger partial charge in [-0.15, -0.1) is 0 Å². The molecule has 21 heavy (non-hydrogen) atoms. The van der Waals surface area contributed by atoms with Gasteiger partial charge in [-0.3, -0.25) is 4.98 Å². The highest BCUT2D eigenvalue weighted by Crippen LogP contribution is 2.28. The number of nitrogens with zero attached hydrogens (tertiary/aromatic N) is 2. The second kappa shape index (κ2) is 6.61. The van der Waals surface area contributed by atoms with Gasteiger partial charge in [-0.2, -0.15) is 17.5 Å². The van der Waals surface area contributed by atoms with Gasteiger partial charge >= 0.3 is 6.18 Å². The lowest BCUT2D eigenvalue weighted by Crippen LogP contribution is -2.43. The normalized spacial score (nSPS) is 13.0. The van der Waals surface area contributed by atoms with Crippen LogP contribution in [0.3, 0.4) is 0 Å². The van der Waals surface area contributed by atoms with Crippen LogP contribution in [0.25, 0.3) is 0 Å². The first-order valence-corrected chi connectivity index (χ1v) is 7.80. The van der Waals surface area contributed by atoms with E-state index in [0.717, 1.165) is 6.20 Å². The zero-order valence-corrected chi connectivity index (χ0v) is 12.8. The van der Waals surface area contributed by atoms with E-state index >= 15 is 0 Å². The standard InChI is InChI=1S/C12H18F3N3O2S/c1-4-17-10-5-6-16-7-11(10)21(19,20)18(9(2)3)8-12(13,14)15/h5-7,9H,4,8H2,1-3H3,(H,16,17). The van der Waals surface area contributed by atoms with Gasteiger partial charge in [0.15, 0.2) is 0 Å². The van der Waals surface area contributed by atoms with Crippen LogP contribution in [0.4, 0.5) is 18.9 Å². The zero-order chi connectivity index (χ0) is 16.3. The molecule has 0 aromatic carbocycles. The molecule has 1 aromatic heterocycles. The van der Waals surface area contributed by atoms with E-state index < -0.39 is 28.8 Å². The molecule has 1 rings (SSSR count). The summed E-state index contributed by atoms with van der Waals surface area (Å²) in [5, 5.41) is 2.81. The van der Waals surface area contributed by atoms with Crippen molar-refractivity contribution in [1.29, 1.82) is 0 Å².